The summed E-state index contributed by atoms with van der Waals surface area (Å²) in [5.41, 5.74) is 0.780. The van der Waals surface area contributed by atoms with Crippen molar-refractivity contribution in [1.29, 1.82) is 0 Å². The van der Waals surface area contributed by atoms with Crippen molar-refractivity contribution in [2.75, 3.05) is 0 Å². The summed E-state index contributed by atoms with van der Waals surface area (Å²) < 4.78 is 0. The van der Waals surface area contributed by atoms with Crippen LogP contribution >= 0.6 is 12.6 Å². The maximum absolute atomic E-state index is 11.5. The van der Waals surface area contributed by atoms with Crippen molar-refractivity contribution in [3.05, 3.63) is 11.3 Å². The number of thiol groups is 1. The van der Waals surface area contributed by atoms with Gasteiger partial charge in [0.1, 0.15) is 5.70 Å². The summed E-state index contributed by atoms with van der Waals surface area (Å²) in [7, 11) is 0. The monoisotopic (exact) mass is 229 g/mol. The highest BCUT2D eigenvalue weighted by molar-refractivity contribution is 7.81. The molecule has 15 heavy (non-hydrogen) atoms. The van der Waals surface area contributed by atoms with E-state index in [-0.39, 0.29) is 22.9 Å². The molecule has 2 atom stereocenters. The van der Waals surface area contributed by atoms with E-state index in [1.54, 1.807) is 13.8 Å². The number of allylic oxidation sites excluding steroid dienone is 1. The zero-order chi connectivity index (χ0) is 11.7. The smallest absolute Gasteiger partial charge is 0.352 e. The fraction of sp³-hybridized carbons (Fsp3) is 0.600. The molecule has 84 valence electrons. The van der Waals surface area contributed by atoms with Crippen LogP contribution < -0.4 is 0 Å². The second kappa shape index (κ2) is 4.26. The Bertz CT molecular complexity index is 338. The number of carboxylic acid groups (broad SMARTS) is 1. The Morgan fingerprint density at radius 3 is 2.47 bits per heavy atom. The number of likely N-dealkylation sites (tertiary alicyclic amines) is 1. The second-order valence-corrected chi connectivity index (χ2v) is 4.23. The first kappa shape index (κ1) is 12.1. The van der Waals surface area contributed by atoms with Crippen LogP contribution in [0.4, 0.5) is 0 Å². The van der Waals surface area contributed by atoms with Crippen LogP contribution in [-0.2, 0) is 9.59 Å². The molecule has 0 aromatic rings. The average Bonchev–Trinajstić information content (AvgIpc) is 2.22. The van der Waals surface area contributed by atoms with Gasteiger partial charge in [0.25, 0.3) is 0 Å². The lowest BCUT2D eigenvalue weighted by Crippen LogP contribution is -2.57. The topological polar surface area (TPSA) is 57.6 Å². The molecule has 5 heteroatoms. The molecular formula is C10H15NO3S. The van der Waals surface area contributed by atoms with Gasteiger partial charge >= 0.3 is 5.97 Å². The highest BCUT2D eigenvalue weighted by Gasteiger charge is 2.46. The molecule has 1 N–H and O–H groups in total. The number of rotatable bonds is 3. The van der Waals surface area contributed by atoms with Gasteiger partial charge in [-0.3, -0.25) is 9.69 Å². The van der Waals surface area contributed by atoms with Crippen molar-refractivity contribution in [2.24, 2.45) is 5.92 Å². The first-order chi connectivity index (χ1) is 6.91. The third-order valence-corrected chi connectivity index (χ3v) is 3.39. The largest absolute Gasteiger partial charge is 0.477 e. The third kappa shape index (κ3) is 1.88. The van der Waals surface area contributed by atoms with E-state index in [4.69, 9.17) is 5.11 Å². The Labute approximate surface area is 94.4 Å². The average molecular weight is 229 g/mol. The number of nitrogens with zero attached hydrogens (tertiary/aromatic N) is 1. The summed E-state index contributed by atoms with van der Waals surface area (Å²) in [6, 6.07) is 0. The van der Waals surface area contributed by atoms with E-state index in [0.717, 1.165) is 0 Å². The standard InChI is InChI=1S/C10H15NO3S/c1-4-5(2)7(10(13)14)11-8(12)6(3)9(11)15/h6,9,15H,4H2,1-3H3,(H,13,14)/b7-5-. The molecule has 4 nitrogen and oxygen atoms in total. The fourth-order valence-corrected chi connectivity index (χ4v) is 1.88. The SMILES string of the molecule is CC/C(C)=C(/C(=O)O)N1C(=O)C(C)C1S. The summed E-state index contributed by atoms with van der Waals surface area (Å²) >= 11 is 4.21. The Kier molecular flexibility index (Phi) is 3.44. The molecule has 0 saturated carbocycles. The van der Waals surface area contributed by atoms with Gasteiger partial charge in [0.15, 0.2) is 0 Å². The summed E-state index contributed by atoms with van der Waals surface area (Å²) in [5.74, 6) is -1.43. The predicted octanol–water partition coefficient (Wildman–Crippen LogP) is 1.49. The number of hydrogen-bond donors (Lipinski definition) is 2. The number of carboxylic acids is 1. The molecule has 0 bridgehead atoms. The van der Waals surface area contributed by atoms with E-state index >= 15 is 0 Å². The predicted molar refractivity (Wildman–Crippen MR) is 59.4 cm³/mol. The lowest BCUT2D eigenvalue weighted by molar-refractivity contribution is -0.151. The summed E-state index contributed by atoms with van der Waals surface area (Å²) in [6.07, 6.45) is 0.611. The van der Waals surface area contributed by atoms with Crippen molar-refractivity contribution in [3.8, 4) is 0 Å². The van der Waals surface area contributed by atoms with Gasteiger partial charge in [-0.25, -0.2) is 4.79 Å². The number of β-lactam (4-membered cyclic amide) rings is 1. The molecule has 1 amide bonds. The quantitative estimate of drug-likeness (QED) is 0.438. The number of hydrogen-bond acceptors (Lipinski definition) is 3. The molecule has 1 aliphatic heterocycles. The summed E-state index contributed by atoms with van der Waals surface area (Å²) in [5, 5.41) is 8.73. The molecule has 0 aromatic carbocycles. The van der Waals surface area contributed by atoms with E-state index in [2.05, 4.69) is 12.6 Å². The zero-order valence-corrected chi connectivity index (χ0v) is 9.91. The molecular weight excluding hydrogens is 214 g/mol. The minimum Gasteiger partial charge on any atom is -0.477 e. The van der Waals surface area contributed by atoms with Gasteiger partial charge in [-0.1, -0.05) is 13.8 Å². The number of carbonyl (C=O) groups excluding carboxylic acids is 1. The van der Waals surface area contributed by atoms with E-state index in [9.17, 15) is 9.59 Å². The minimum absolute atomic E-state index is 0.0839. The molecule has 1 rings (SSSR count). The third-order valence-electron chi connectivity index (χ3n) is 2.72. The minimum atomic E-state index is -1.06. The number of amides is 1. The molecule has 1 aliphatic rings. The Hall–Kier alpha value is -0.970. The van der Waals surface area contributed by atoms with Gasteiger partial charge in [0.05, 0.1) is 11.3 Å². The van der Waals surface area contributed by atoms with Gasteiger partial charge in [0.2, 0.25) is 5.91 Å². The van der Waals surface area contributed by atoms with E-state index in [1.165, 1.54) is 4.90 Å². The van der Waals surface area contributed by atoms with Crippen LogP contribution in [0.25, 0.3) is 0 Å². The van der Waals surface area contributed by atoms with Crippen LogP contribution in [0.2, 0.25) is 0 Å². The molecule has 2 unspecified atom stereocenters. The first-order valence-corrected chi connectivity index (χ1v) is 5.37. The van der Waals surface area contributed by atoms with Crippen LogP contribution in [0.1, 0.15) is 27.2 Å². The Balaban J connectivity index is 3.04. The zero-order valence-electron chi connectivity index (χ0n) is 9.02. The molecule has 0 aliphatic carbocycles. The van der Waals surface area contributed by atoms with E-state index < -0.39 is 5.97 Å². The van der Waals surface area contributed by atoms with Crippen LogP contribution in [0.15, 0.2) is 11.3 Å². The van der Waals surface area contributed by atoms with E-state index in [0.29, 0.717) is 12.0 Å². The molecule has 1 heterocycles. The van der Waals surface area contributed by atoms with E-state index in [1.807, 2.05) is 6.92 Å². The van der Waals surface area contributed by atoms with Gasteiger partial charge < -0.3 is 5.11 Å². The van der Waals surface area contributed by atoms with Gasteiger partial charge in [-0.2, -0.15) is 12.6 Å². The first-order valence-electron chi connectivity index (χ1n) is 4.86. The lowest BCUT2D eigenvalue weighted by Gasteiger charge is -2.43. The molecule has 0 radical (unpaired) electrons. The normalized spacial score (nSPS) is 27.2. The fourth-order valence-electron chi connectivity index (χ4n) is 1.52. The van der Waals surface area contributed by atoms with Crippen LogP contribution in [-0.4, -0.2) is 27.3 Å². The van der Waals surface area contributed by atoms with Crippen molar-refractivity contribution in [1.82, 2.24) is 4.90 Å². The van der Waals surface area contributed by atoms with Crippen LogP contribution in [0.5, 0.6) is 0 Å². The number of aliphatic carboxylic acids is 1. The van der Waals surface area contributed by atoms with Gasteiger partial charge in [0, 0.05) is 0 Å². The van der Waals surface area contributed by atoms with Crippen molar-refractivity contribution in [2.45, 2.75) is 32.6 Å². The summed E-state index contributed by atoms with van der Waals surface area (Å²) in [4.78, 5) is 23.8. The van der Waals surface area contributed by atoms with Crippen LogP contribution in [0, 0.1) is 5.92 Å². The molecule has 0 spiro atoms. The van der Waals surface area contributed by atoms with Crippen LogP contribution in [0.3, 0.4) is 0 Å². The van der Waals surface area contributed by atoms with Gasteiger partial charge in [-0.05, 0) is 18.9 Å². The van der Waals surface area contributed by atoms with Gasteiger partial charge in [-0.15, -0.1) is 0 Å². The highest BCUT2D eigenvalue weighted by atomic mass is 32.1. The molecule has 1 fully saturated rings. The number of carbonyl (C=O) groups is 2. The second-order valence-electron chi connectivity index (χ2n) is 3.70. The lowest BCUT2D eigenvalue weighted by atomic mass is 9.98. The maximum atomic E-state index is 11.5. The highest BCUT2D eigenvalue weighted by Crippen LogP contribution is 2.34. The Morgan fingerprint density at radius 2 is 2.13 bits per heavy atom. The summed E-state index contributed by atoms with van der Waals surface area (Å²) in [6.45, 7) is 5.33. The van der Waals surface area contributed by atoms with Crippen molar-refractivity contribution in [3.63, 3.8) is 0 Å². The Morgan fingerprint density at radius 1 is 1.60 bits per heavy atom. The maximum Gasteiger partial charge on any atom is 0.352 e. The van der Waals surface area contributed by atoms with Crippen molar-refractivity contribution < 1.29 is 14.7 Å². The van der Waals surface area contributed by atoms with Crippen molar-refractivity contribution >= 4 is 24.5 Å². The molecule has 1 saturated heterocycles. The molecule has 0 aromatic heterocycles.